The first kappa shape index (κ1) is 12.3. The molecule has 17 heavy (non-hydrogen) atoms. The molecule has 0 heterocycles. The molecule has 1 aliphatic rings. The summed E-state index contributed by atoms with van der Waals surface area (Å²) in [5, 5.41) is 3.37. The summed E-state index contributed by atoms with van der Waals surface area (Å²) >= 11 is 0. The minimum absolute atomic E-state index is 0.217. The summed E-state index contributed by atoms with van der Waals surface area (Å²) in [6.07, 6.45) is 5.05. The van der Waals surface area contributed by atoms with E-state index in [0.717, 1.165) is 11.1 Å². The van der Waals surface area contributed by atoms with Gasteiger partial charge in [0.25, 0.3) is 0 Å². The molecule has 0 aliphatic heterocycles. The number of ketones is 1. The fourth-order valence-corrected chi connectivity index (χ4v) is 2.59. The Kier molecular flexibility index (Phi) is 3.95. The van der Waals surface area contributed by atoms with E-state index < -0.39 is 0 Å². The first-order valence-electron chi connectivity index (χ1n) is 6.50. The van der Waals surface area contributed by atoms with E-state index in [1.807, 2.05) is 19.1 Å². The van der Waals surface area contributed by atoms with Crippen molar-refractivity contribution >= 4 is 5.78 Å². The van der Waals surface area contributed by atoms with Gasteiger partial charge in [-0.15, -0.1) is 0 Å². The van der Waals surface area contributed by atoms with Crippen LogP contribution in [0.1, 0.15) is 47.2 Å². The molecule has 2 rings (SSSR count). The Balaban J connectivity index is 1.94. The van der Waals surface area contributed by atoms with E-state index in [2.05, 4.69) is 18.3 Å². The van der Waals surface area contributed by atoms with Gasteiger partial charge in [-0.3, -0.25) is 4.79 Å². The number of carbonyl (C=O) groups is 1. The Morgan fingerprint density at radius 3 is 2.65 bits per heavy atom. The van der Waals surface area contributed by atoms with Gasteiger partial charge in [-0.2, -0.15) is 0 Å². The maximum Gasteiger partial charge on any atom is 0.176 e. The number of hydrogen-bond donors (Lipinski definition) is 1. The molecule has 0 spiro atoms. The molecule has 92 valence electrons. The molecule has 0 bridgehead atoms. The number of hydrogen-bond acceptors (Lipinski definition) is 2. The molecule has 1 aromatic carbocycles. The van der Waals surface area contributed by atoms with Gasteiger partial charge >= 0.3 is 0 Å². The predicted molar refractivity (Wildman–Crippen MR) is 70.5 cm³/mol. The maximum absolute atomic E-state index is 12.1. The van der Waals surface area contributed by atoms with Crippen LogP contribution in [0.15, 0.2) is 18.2 Å². The molecule has 1 aliphatic carbocycles. The van der Waals surface area contributed by atoms with Crippen molar-refractivity contribution < 1.29 is 4.79 Å². The molecule has 1 fully saturated rings. The van der Waals surface area contributed by atoms with Crippen LogP contribution in [0.2, 0.25) is 0 Å². The number of carbonyl (C=O) groups excluding carboxylic acids is 1. The molecule has 1 N–H and O–H groups in total. The van der Waals surface area contributed by atoms with Gasteiger partial charge in [-0.05, 0) is 32.3 Å². The molecule has 0 amide bonds. The Labute approximate surface area is 103 Å². The van der Waals surface area contributed by atoms with E-state index >= 15 is 0 Å². The van der Waals surface area contributed by atoms with Gasteiger partial charge in [0.2, 0.25) is 0 Å². The van der Waals surface area contributed by atoms with Gasteiger partial charge in [-0.25, -0.2) is 0 Å². The van der Waals surface area contributed by atoms with E-state index in [0.29, 0.717) is 12.6 Å². The number of benzene rings is 1. The summed E-state index contributed by atoms with van der Waals surface area (Å²) in [5.41, 5.74) is 3.16. The van der Waals surface area contributed by atoms with E-state index in [4.69, 9.17) is 0 Å². The Morgan fingerprint density at radius 2 is 2.00 bits per heavy atom. The summed E-state index contributed by atoms with van der Waals surface area (Å²) in [4.78, 5) is 12.1. The zero-order valence-corrected chi connectivity index (χ0v) is 10.8. The molecular weight excluding hydrogens is 210 g/mol. The van der Waals surface area contributed by atoms with Crippen molar-refractivity contribution in [3.63, 3.8) is 0 Å². The molecule has 0 atom stereocenters. The zero-order chi connectivity index (χ0) is 12.3. The lowest BCUT2D eigenvalue weighted by molar-refractivity contribution is 0.0987. The highest BCUT2D eigenvalue weighted by Crippen LogP contribution is 2.17. The van der Waals surface area contributed by atoms with Crippen LogP contribution >= 0.6 is 0 Å². The minimum Gasteiger partial charge on any atom is -0.307 e. The molecule has 0 radical (unpaired) electrons. The minimum atomic E-state index is 0.217. The van der Waals surface area contributed by atoms with Crippen molar-refractivity contribution in [3.05, 3.63) is 34.9 Å². The molecule has 0 saturated heterocycles. The summed E-state index contributed by atoms with van der Waals surface area (Å²) in [5.74, 6) is 0.217. The standard InChI is InChI=1S/C15H21NO/c1-11-7-8-14(12(2)9-11)15(17)10-16-13-5-3-4-6-13/h7-9,13,16H,3-6,10H2,1-2H3. The summed E-state index contributed by atoms with van der Waals surface area (Å²) in [6, 6.07) is 6.59. The monoisotopic (exact) mass is 231 g/mol. The summed E-state index contributed by atoms with van der Waals surface area (Å²) < 4.78 is 0. The van der Waals surface area contributed by atoms with Gasteiger partial charge in [-0.1, -0.05) is 36.6 Å². The van der Waals surface area contributed by atoms with Crippen molar-refractivity contribution in [2.75, 3.05) is 6.54 Å². The number of Topliss-reactive ketones (excluding diaryl/α,β-unsaturated/α-hetero) is 1. The van der Waals surface area contributed by atoms with Crippen molar-refractivity contribution in [3.8, 4) is 0 Å². The SMILES string of the molecule is Cc1ccc(C(=O)CNC2CCCC2)c(C)c1. The lowest BCUT2D eigenvalue weighted by Gasteiger charge is -2.12. The maximum atomic E-state index is 12.1. The molecule has 0 unspecified atom stereocenters. The van der Waals surface area contributed by atoms with Crippen molar-refractivity contribution in [2.45, 2.75) is 45.6 Å². The van der Waals surface area contributed by atoms with Crippen molar-refractivity contribution in [1.29, 1.82) is 0 Å². The highest BCUT2D eigenvalue weighted by atomic mass is 16.1. The summed E-state index contributed by atoms with van der Waals surface area (Å²) in [6.45, 7) is 4.54. The first-order valence-corrected chi connectivity index (χ1v) is 6.50. The van der Waals surface area contributed by atoms with Gasteiger partial charge in [0.05, 0.1) is 6.54 Å². The smallest absolute Gasteiger partial charge is 0.176 e. The molecule has 1 aromatic rings. The molecule has 2 heteroatoms. The lowest BCUT2D eigenvalue weighted by atomic mass is 10.0. The first-order chi connectivity index (χ1) is 8.16. The van der Waals surface area contributed by atoms with Gasteiger partial charge in [0.1, 0.15) is 0 Å². The fraction of sp³-hybridized carbons (Fsp3) is 0.533. The van der Waals surface area contributed by atoms with Gasteiger partial charge in [0.15, 0.2) is 5.78 Å². The second kappa shape index (κ2) is 5.46. The van der Waals surface area contributed by atoms with Crippen LogP contribution in [-0.4, -0.2) is 18.4 Å². The van der Waals surface area contributed by atoms with Crippen LogP contribution in [0.25, 0.3) is 0 Å². The average Bonchev–Trinajstić information content (AvgIpc) is 2.78. The largest absolute Gasteiger partial charge is 0.307 e. The highest BCUT2D eigenvalue weighted by molar-refractivity contribution is 5.98. The second-order valence-electron chi connectivity index (χ2n) is 5.10. The Bertz CT molecular complexity index is 405. The molecule has 1 saturated carbocycles. The number of aryl methyl sites for hydroxylation is 2. The molecular formula is C15H21NO. The Morgan fingerprint density at radius 1 is 1.29 bits per heavy atom. The lowest BCUT2D eigenvalue weighted by Crippen LogP contribution is -2.31. The highest BCUT2D eigenvalue weighted by Gasteiger charge is 2.16. The summed E-state index contributed by atoms with van der Waals surface area (Å²) in [7, 11) is 0. The quantitative estimate of drug-likeness (QED) is 0.807. The average molecular weight is 231 g/mol. The van der Waals surface area contributed by atoms with Gasteiger partial charge in [0, 0.05) is 11.6 Å². The van der Waals surface area contributed by atoms with Crippen LogP contribution in [0.3, 0.4) is 0 Å². The second-order valence-corrected chi connectivity index (χ2v) is 5.10. The fourth-order valence-electron chi connectivity index (χ4n) is 2.59. The zero-order valence-electron chi connectivity index (χ0n) is 10.8. The molecule has 2 nitrogen and oxygen atoms in total. The third kappa shape index (κ3) is 3.16. The van der Waals surface area contributed by atoms with Crippen LogP contribution < -0.4 is 5.32 Å². The van der Waals surface area contributed by atoms with Crippen LogP contribution in [0.4, 0.5) is 0 Å². The normalized spacial score (nSPS) is 16.4. The number of rotatable bonds is 4. The third-order valence-corrected chi connectivity index (χ3v) is 3.59. The Hall–Kier alpha value is -1.15. The third-order valence-electron chi connectivity index (χ3n) is 3.59. The van der Waals surface area contributed by atoms with E-state index in [9.17, 15) is 4.79 Å². The van der Waals surface area contributed by atoms with E-state index in [-0.39, 0.29) is 5.78 Å². The van der Waals surface area contributed by atoms with E-state index in [1.165, 1.54) is 31.2 Å². The predicted octanol–water partition coefficient (Wildman–Crippen LogP) is 3.02. The van der Waals surface area contributed by atoms with Crippen LogP contribution in [0, 0.1) is 13.8 Å². The topological polar surface area (TPSA) is 29.1 Å². The van der Waals surface area contributed by atoms with E-state index in [1.54, 1.807) is 0 Å². The van der Waals surface area contributed by atoms with Gasteiger partial charge < -0.3 is 5.32 Å². The van der Waals surface area contributed by atoms with Crippen LogP contribution in [0.5, 0.6) is 0 Å². The van der Waals surface area contributed by atoms with Crippen molar-refractivity contribution in [1.82, 2.24) is 5.32 Å². The molecule has 0 aromatic heterocycles. The number of nitrogens with one attached hydrogen (secondary N) is 1. The van der Waals surface area contributed by atoms with Crippen LogP contribution in [-0.2, 0) is 0 Å². The van der Waals surface area contributed by atoms with Crippen molar-refractivity contribution in [2.24, 2.45) is 0 Å².